The molecule has 2 heterocycles. The van der Waals surface area contributed by atoms with Gasteiger partial charge in [0.15, 0.2) is 0 Å². The molecule has 5 rings (SSSR count). The summed E-state index contributed by atoms with van der Waals surface area (Å²) in [6.07, 6.45) is 0. The van der Waals surface area contributed by atoms with E-state index in [1.807, 2.05) is 43.3 Å². The third-order valence-electron chi connectivity index (χ3n) is 6.32. The van der Waals surface area contributed by atoms with Crippen molar-refractivity contribution < 1.29 is 13.2 Å². The summed E-state index contributed by atoms with van der Waals surface area (Å²) < 4.78 is 30.0. The van der Waals surface area contributed by atoms with Gasteiger partial charge in [-0.25, -0.2) is 13.4 Å². The molecule has 1 N–H and O–H groups in total. The van der Waals surface area contributed by atoms with Crippen LogP contribution in [0.5, 0.6) is 0 Å². The molecule has 3 aromatic carbocycles. The predicted molar refractivity (Wildman–Crippen MR) is 150 cm³/mol. The topological polar surface area (TPSA) is 97.2 Å². The number of hydrogen-bond donors (Lipinski definition) is 1. The SMILES string of the molecule is Cc1cc(NC(=O)c2ccc(S(=O)(=O)N(C)Cc3ccccc3)cc2)n(-c2nc3cc(C)c(C)cc3s2)n1. The molecule has 8 nitrogen and oxygen atoms in total. The molecule has 0 bridgehead atoms. The van der Waals surface area contributed by atoms with Crippen molar-refractivity contribution in [1.82, 2.24) is 19.1 Å². The van der Waals surface area contributed by atoms with E-state index in [0.29, 0.717) is 16.5 Å². The molecule has 38 heavy (non-hydrogen) atoms. The maximum Gasteiger partial charge on any atom is 0.256 e. The first kappa shape index (κ1) is 25.8. The van der Waals surface area contributed by atoms with Crippen LogP contribution in [0.3, 0.4) is 0 Å². The Morgan fingerprint density at radius 1 is 0.974 bits per heavy atom. The molecule has 1 amide bonds. The summed E-state index contributed by atoms with van der Waals surface area (Å²) >= 11 is 1.50. The highest BCUT2D eigenvalue weighted by Gasteiger charge is 2.22. The standard InChI is InChI=1S/C28H27N5O3S2/c1-18-14-24-25(15-19(18)2)37-28(29-24)33-26(16-20(3)31-33)30-27(34)22-10-12-23(13-11-22)38(35,36)32(4)17-21-8-6-5-7-9-21/h5-16H,17H2,1-4H3,(H,30,34). The van der Waals surface area contributed by atoms with Crippen molar-refractivity contribution in [2.75, 3.05) is 12.4 Å². The van der Waals surface area contributed by atoms with E-state index in [9.17, 15) is 13.2 Å². The normalized spacial score (nSPS) is 11.8. The Kier molecular flexibility index (Phi) is 6.87. The van der Waals surface area contributed by atoms with Crippen LogP contribution in [0.1, 0.15) is 32.7 Å². The first-order valence-corrected chi connectivity index (χ1v) is 14.2. The molecule has 5 aromatic rings. The summed E-state index contributed by atoms with van der Waals surface area (Å²) in [6.45, 7) is 6.21. The average molecular weight is 546 g/mol. The van der Waals surface area contributed by atoms with Crippen molar-refractivity contribution in [2.45, 2.75) is 32.2 Å². The lowest BCUT2D eigenvalue weighted by atomic mass is 10.1. The number of aromatic nitrogens is 3. The number of aryl methyl sites for hydroxylation is 3. The summed E-state index contributed by atoms with van der Waals surface area (Å²) in [7, 11) is -2.18. The van der Waals surface area contributed by atoms with Crippen LogP contribution in [-0.2, 0) is 16.6 Å². The lowest BCUT2D eigenvalue weighted by Gasteiger charge is -2.17. The molecule has 0 unspecified atom stereocenters. The van der Waals surface area contributed by atoms with Gasteiger partial charge in [-0.05, 0) is 73.9 Å². The number of nitrogens with zero attached hydrogens (tertiary/aromatic N) is 4. The van der Waals surface area contributed by atoms with Crippen LogP contribution in [0.25, 0.3) is 15.3 Å². The van der Waals surface area contributed by atoms with Crippen LogP contribution >= 0.6 is 11.3 Å². The van der Waals surface area contributed by atoms with Crippen LogP contribution < -0.4 is 5.32 Å². The number of rotatable bonds is 7. The highest BCUT2D eigenvalue weighted by molar-refractivity contribution is 7.89. The molecule has 10 heteroatoms. The fourth-order valence-electron chi connectivity index (χ4n) is 4.06. The monoisotopic (exact) mass is 545 g/mol. The number of fused-ring (bicyclic) bond motifs is 1. The molecular formula is C28H27N5O3S2. The van der Waals surface area contributed by atoms with Gasteiger partial charge in [0, 0.05) is 25.2 Å². The summed E-state index contributed by atoms with van der Waals surface area (Å²) in [5, 5.41) is 8.08. The van der Waals surface area contributed by atoms with Crippen LogP contribution in [0, 0.1) is 20.8 Å². The molecule has 0 spiro atoms. The van der Waals surface area contributed by atoms with E-state index in [1.165, 1.54) is 52.5 Å². The van der Waals surface area contributed by atoms with Crippen molar-refractivity contribution in [1.29, 1.82) is 0 Å². The number of anilines is 1. The van der Waals surface area contributed by atoms with Gasteiger partial charge >= 0.3 is 0 Å². The van der Waals surface area contributed by atoms with E-state index in [1.54, 1.807) is 10.7 Å². The van der Waals surface area contributed by atoms with E-state index in [2.05, 4.69) is 30.3 Å². The van der Waals surface area contributed by atoms with E-state index in [4.69, 9.17) is 4.98 Å². The van der Waals surface area contributed by atoms with Crippen LogP contribution in [0.4, 0.5) is 5.82 Å². The van der Waals surface area contributed by atoms with Gasteiger partial charge in [0.2, 0.25) is 15.2 Å². The minimum absolute atomic E-state index is 0.119. The van der Waals surface area contributed by atoms with Crippen molar-refractivity contribution >= 4 is 43.3 Å². The van der Waals surface area contributed by atoms with Crippen molar-refractivity contribution in [3.05, 3.63) is 101 Å². The van der Waals surface area contributed by atoms with Crippen molar-refractivity contribution in [3.8, 4) is 5.13 Å². The van der Waals surface area contributed by atoms with Gasteiger partial charge in [-0.2, -0.15) is 14.1 Å². The summed E-state index contributed by atoms with van der Waals surface area (Å²) in [5.41, 5.74) is 5.18. The number of hydrogen-bond acceptors (Lipinski definition) is 6. The minimum atomic E-state index is -3.72. The minimum Gasteiger partial charge on any atom is -0.306 e. The van der Waals surface area contributed by atoms with Crippen LogP contribution in [0.15, 0.2) is 77.7 Å². The fourth-order valence-corrected chi connectivity index (χ4v) is 6.24. The Balaban J connectivity index is 1.35. The zero-order valence-corrected chi connectivity index (χ0v) is 23.1. The molecule has 0 atom stereocenters. The van der Waals surface area contributed by atoms with Gasteiger partial charge in [0.05, 0.1) is 20.8 Å². The fraction of sp³-hybridized carbons (Fsp3) is 0.179. The highest BCUT2D eigenvalue weighted by atomic mass is 32.2. The Morgan fingerprint density at radius 2 is 1.66 bits per heavy atom. The van der Waals surface area contributed by atoms with Crippen molar-refractivity contribution in [3.63, 3.8) is 0 Å². The van der Waals surface area contributed by atoms with Crippen LogP contribution in [0.2, 0.25) is 0 Å². The second-order valence-corrected chi connectivity index (χ2v) is 12.3. The number of sulfonamides is 1. The Hall–Kier alpha value is -3.86. The van der Waals surface area contributed by atoms with Crippen LogP contribution in [-0.4, -0.2) is 40.4 Å². The van der Waals surface area contributed by atoms with E-state index < -0.39 is 10.0 Å². The molecule has 194 valence electrons. The van der Waals surface area contributed by atoms with E-state index >= 15 is 0 Å². The number of amides is 1. The molecule has 2 aromatic heterocycles. The number of thiazole rings is 1. The Bertz CT molecular complexity index is 1700. The molecule has 0 saturated carbocycles. The second-order valence-electron chi connectivity index (χ2n) is 9.21. The molecule has 0 aliphatic heterocycles. The summed E-state index contributed by atoms with van der Waals surface area (Å²) in [5.74, 6) is 0.111. The number of carbonyl (C=O) groups excluding carboxylic acids is 1. The highest BCUT2D eigenvalue weighted by Crippen LogP contribution is 2.29. The maximum atomic E-state index is 13.1. The Labute approximate surface area is 225 Å². The lowest BCUT2D eigenvalue weighted by molar-refractivity contribution is 0.102. The zero-order chi connectivity index (χ0) is 27.0. The third-order valence-corrected chi connectivity index (χ3v) is 9.13. The van der Waals surface area contributed by atoms with Gasteiger partial charge in [0.25, 0.3) is 5.91 Å². The summed E-state index contributed by atoms with van der Waals surface area (Å²) in [6, 6.07) is 21.2. The maximum absolute atomic E-state index is 13.1. The number of carbonyl (C=O) groups is 1. The lowest BCUT2D eigenvalue weighted by Crippen LogP contribution is -2.26. The predicted octanol–water partition coefficient (Wildman–Crippen LogP) is 5.48. The van der Waals surface area contributed by atoms with Crippen molar-refractivity contribution in [2.24, 2.45) is 0 Å². The molecule has 0 aliphatic rings. The molecule has 0 aliphatic carbocycles. The molecule has 0 fully saturated rings. The summed E-state index contributed by atoms with van der Waals surface area (Å²) in [4.78, 5) is 17.9. The second kappa shape index (κ2) is 10.1. The number of nitrogens with one attached hydrogen (secondary N) is 1. The van der Waals surface area contributed by atoms with E-state index in [-0.39, 0.29) is 17.3 Å². The van der Waals surface area contributed by atoms with Gasteiger partial charge in [-0.1, -0.05) is 41.7 Å². The van der Waals surface area contributed by atoms with Gasteiger partial charge in [-0.3, -0.25) is 4.79 Å². The largest absolute Gasteiger partial charge is 0.306 e. The molecular weight excluding hydrogens is 518 g/mol. The number of benzene rings is 3. The van der Waals surface area contributed by atoms with Gasteiger partial charge in [-0.15, -0.1) is 0 Å². The third kappa shape index (κ3) is 5.10. The molecule has 0 radical (unpaired) electrons. The average Bonchev–Trinajstić information content (AvgIpc) is 3.47. The zero-order valence-electron chi connectivity index (χ0n) is 21.5. The van der Waals surface area contributed by atoms with Gasteiger partial charge < -0.3 is 5.32 Å². The van der Waals surface area contributed by atoms with Gasteiger partial charge in [0.1, 0.15) is 5.82 Å². The van der Waals surface area contributed by atoms with E-state index in [0.717, 1.165) is 27.0 Å². The Morgan fingerprint density at radius 3 is 2.37 bits per heavy atom. The smallest absolute Gasteiger partial charge is 0.256 e. The first-order chi connectivity index (χ1) is 18.1. The molecule has 0 saturated heterocycles. The quantitative estimate of drug-likeness (QED) is 0.292. The first-order valence-electron chi connectivity index (χ1n) is 12.0.